The van der Waals surface area contributed by atoms with Gasteiger partial charge in [0.2, 0.25) is 0 Å². The first-order valence-corrected chi connectivity index (χ1v) is 12.2. The third-order valence-electron chi connectivity index (χ3n) is 6.71. The third-order valence-corrected chi connectivity index (χ3v) is 6.71. The van der Waals surface area contributed by atoms with Gasteiger partial charge in [0.15, 0.2) is 5.92 Å². The van der Waals surface area contributed by atoms with E-state index in [1.54, 1.807) is 0 Å². The number of hydrogen-bond donors (Lipinski definition) is 2. The molecule has 0 spiro atoms. The Kier molecular flexibility index (Phi) is 10.5. The lowest BCUT2D eigenvalue weighted by Crippen LogP contribution is -2.45. The fraction of sp³-hybridized carbons (Fsp3) is 0.692. The highest BCUT2D eigenvalue weighted by Crippen LogP contribution is 2.44. The zero-order valence-corrected chi connectivity index (χ0v) is 19.5. The summed E-state index contributed by atoms with van der Waals surface area (Å²) in [5.41, 5.74) is 1.28. The van der Waals surface area contributed by atoms with Crippen LogP contribution in [0, 0.1) is 11.8 Å². The number of hydrogen-bond acceptors (Lipinski definition) is 3. The second kappa shape index (κ2) is 12.8. The number of rotatable bonds is 16. The molecule has 5 heteroatoms. The summed E-state index contributed by atoms with van der Waals surface area (Å²) in [6.45, 7) is 6.53. The molecule has 1 aromatic rings. The van der Waals surface area contributed by atoms with Crippen molar-refractivity contribution in [3.8, 4) is 0 Å². The quantitative estimate of drug-likeness (QED) is 0.243. The molecule has 3 unspecified atom stereocenters. The minimum atomic E-state index is -1.35. The van der Waals surface area contributed by atoms with Crippen molar-refractivity contribution in [1.29, 1.82) is 0 Å². The van der Waals surface area contributed by atoms with Crippen LogP contribution in [0.3, 0.4) is 0 Å². The molecule has 0 aliphatic heterocycles. The second-order valence-corrected chi connectivity index (χ2v) is 9.11. The molecule has 1 aliphatic carbocycles. The van der Waals surface area contributed by atoms with Gasteiger partial charge in [0.05, 0.1) is 0 Å². The van der Waals surface area contributed by atoms with Crippen molar-refractivity contribution in [2.24, 2.45) is 11.8 Å². The smallest absolute Gasteiger partial charge is 0.317 e. The van der Waals surface area contributed by atoms with Crippen molar-refractivity contribution >= 4 is 11.9 Å². The first-order valence-electron chi connectivity index (χ1n) is 12.2. The molecule has 2 rings (SSSR count). The van der Waals surface area contributed by atoms with E-state index in [1.807, 2.05) is 6.07 Å². The van der Waals surface area contributed by atoms with Gasteiger partial charge in [-0.15, -0.1) is 0 Å². The average molecular weight is 432 g/mol. The van der Waals surface area contributed by atoms with Crippen LogP contribution < -0.4 is 0 Å². The number of benzene rings is 1. The third kappa shape index (κ3) is 7.34. The monoisotopic (exact) mass is 431 g/mol. The molecule has 174 valence electrons. The Morgan fingerprint density at radius 3 is 2.10 bits per heavy atom. The van der Waals surface area contributed by atoms with Gasteiger partial charge in [-0.1, -0.05) is 76.8 Å². The molecule has 0 radical (unpaired) electrons. The highest BCUT2D eigenvalue weighted by molar-refractivity contribution is 5.92. The van der Waals surface area contributed by atoms with Gasteiger partial charge in [0.25, 0.3) is 0 Å². The van der Waals surface area contributed by atoms with E-state index in [-0.39, 0.29) is 18.5 Å². The van der Waals surface area contributed by atoms with Crippen molar-refractivity contribution in [3.63, 3.8) is 0 Å². The maximum absolute atomic E-state index is 11.7. The van der Waals surface area contributed by atoms with Crippen LogP contribution in [0.4, 0.5) is 0 Å². The van der Waals surface area contributed by atoms with Gasteiger partial charge in [0, 0.05) is 18.1 Å². The van der Waals surface area contributed by atoms with Gasteiger partial charge < -0.3 is 10.2 Å². The van der Waals surface area contributed by atoms with Crippen LogP contribution in [0.25, 0.3) is 0 Å². The predicted octanol–water partition coefficient (Wildman–Crippen LogP) is 6.14. The molecule has 0 bridgehead atoms. The SMILES string of the molecule is CCCCCC(CCC)C(c1ccccc1)N(C1CC1)C(CC)CC(C(=O)O)C(=O)O. The number of aliphatic carboxylic acids is 2. The summed E-state index contributed by atoms with van der Waals surface area (Å²) in [6.07, 6.45) is 10.2. The normalized spacial score (nSPS) is 16.9. The molecule has 1 saturated carbocycles. The molecular formula is C26H41NO4. The lowest BCUT2D eigenvalue weighted by atomic mass is 9.82. The first-order chi connectivity index (χ1) is 14.9. The molecule has 0 aromatic heterocycles. The lowest BCUT2D eigenvalue weighted by molar-refractivity contribution is -0.155. The summed E-state index contributed by atoms with van der Waals surface area (Å²) in [4.78, 5) is 25.8. The number of nitrogens with zero attached hydrogens (tertiary/aromatic N) is 1. The minimum Gasteiger partial charge on any atom is -0.481 e. The Balaban J connectivity index is 2.42. The maximum Gasteiger partial charge on any atom is 0.317 e. The predicted molar refractivity (Wildman–Crippen MR) is 124 cm³/mol. The van der Waals surface area contributed by atoms with Gasteiger partial charge in [-0.3, -0.25) is 14.5 Å². The van der Waals surface area contributed by atoms with Gasteiger partial charge in [-0.2, -0.15) is 0 Å². The largest absolute Gasteiger partial charge is 0.481 e. The van der Waals surface area contributed by atoms with Crippen LogP contribution in [-0.2, 0) is 9.59 Å². The summed E-state index contributed by atoms with van der Waals surface area (Å²) in [5, 5.41) is 19.0. The summed E-state index contributed by atoms with van der Waals surface area (Å²) in [5.74, 6) is -3.33. The highest BCUT2D eigenvalue weighted by atomic mass is 16.4. The van der Waals surface area contributed by atoms with Gasteiger partial charge in [0.1, 0.15) is 0 Å². The highest BCUT2D eigenvalue weighted by Gasteiger charge is 2.43. The number of carboxylic acids is 2. The van der Waals surface area contributed by atoms with E-state index in [4.69, 9.17) is 0 Å². The molecule has 1 fully saturated rings. The molecule has 2 N–H and O–H groups in total. The molecule has 0 saturated heterocycles. The van der Waals surface area contributed by atoms with Crippen LogP contribution in [0.15, 0.2) is 30.3 Å². The van der Waals surface area contributed by atoms with E-state index in [9.17, 15) is 19.8 Å². The Labute approximate surface area is 187 Å². The molecule has 0 amide bonds. The molecular weight excluding hydrogens is 390 g/mol. The van der Waals surface area contributed by atoms with E-state index in [0.717, 1.165) is 38.5 Å². The van der Waals surface area contributed by atoms with E-state index in [0.29, 0.717) is 12.0 Å². The van der Waals surface area contributed by atoms with Crippen molar-refractivity contribution in [2.45, 2.75) is 103 Å². The molecule has 1 aromatic carbocycles. The number of carboxylic acid groups (broad SMARTS) is 2. The zero-order valence-electron chi connectivity index (χ0n) is 19.5. The van der Waals surface area contributed by atoms with E-state index < -0.39 is 17.9 Å². The Morgan fingerprint density at radius 2 is 1.61 bits per heavy atom. The van der Waals surface area contributed by atoms with Crippen molar-refractivity contribution in [2.75, 3.05) is 0 Å². The number of carbonyl (C=O) groups is 2. The fourth-order valence-electron chi connectivity index (χ4n) is 5.03. The molecule has 31 heavy (non-hydrogen) atoms. The van der Waals surface area contributed by atoms with Crippen LogP contribution in [0.2, 0.25) is 0 Å². The van der Waals surface area contributed by atoms with E-state index >= 15 is 0 Å². The molecule has 5 nitrogen and oxygen atoms in total. The Hall–Kier alpha value is -1.88. The van der Waals surface area contributed by atoms with Crippen LogP contribution in [0.1, 0.15) is 96.6 Å². The first kappa shape index (κ1) is 25.4. The number of unbranched alkanes of at least 4 members (excludes halogenated alkanes) is 2. The van der Waals surface area contributed by atoms with E-state index in [1.165, 1.54) is 24.8 Å². The summed E-state index contributed by atoms with van der Waals surface area (Å²) < 4.78 is 0. The van der Waals surface area contributed by atoms with Gasteiger partial charge in [-0.05, 0) is 50.0 Å². The summed E-state index contributed by atoms with van der Waals surface area (Å²) >= 11 is 0. The Bertz CT molecular complexity index is 659. The molecule has 3 atom stereocenters. The van der Waals surface area contributed by atoms with Crippen molar-refractivity contribution in [3.05, 3.63) is 35.9 Å². The fourth-order valence-corrected chi connectivity index (χ4v) is 5.03. The zero-order chi connectivity index (χ0) is 22.8. The van der Waals surface area contributed by atoms with Crippen LogP contribution in [-0.4, -0.2) is 39.1 Å². The van der Waals surface area contributed by atoms with E-state index in [2.05, 4.69) is 49.9 Å². The van der Waals surface area contributed by atoms with Crippen LogP contribution in [0.5, 0.6) is 0 Å². The minimum absolute atomic E-state index is 0.0552. The van der Waals surface area contributed by atoms with Crippen LogP contribution >= 0.6 is 0 Å². The van der Waals surface area contributed by atoms with Gasteiger partial charge in [-0.25, -0.2) is 0 Å². The average Bonchev–Trinajstić information content (AvgIpc) is 3.58. The standard InChI is InChI=1S/C26H41NO4/c1-4-7-9-13-19(12-5-2)24(20-14-10-8-11-15-20)27(22-16-17-22)21(6-3)18-23(25(28)29)26(30)31/h8,10-11,14-15,19,21-24H,4-7,9,12-13,16-18H2,1-3H3,(H,28,29)(H,30,31). The molecule has 0 heterocycles. The molecule has 1 aliphatic rings. The summed E-state index contributed by atoms with van der Waals surface area (Å²) in [7, 11) is 0. The van der Waals surface area contributed by atoms with Crippen molar-refractivity contribution < 1.29 is 19.8 Å². The van der Waals surface area contributed by atoms with Crippen molar-refractivity contribution in [1.82, 2.24) is 4.90 Å². The topological polar surface area (TPSA) is 77.8 Å². The lowest BCUT2D eigenvalue weighted by Gasteiger charge is -2.43. The van der Waals surface area contributed by atoms with Gasteiger partial charge >= 0.3 is 11.9 Å². The Morgan fingerprint density at radius 1 is 0.968 bits per heavy atom. The summed E-state index contributed by atoms with van der Waals surface area (Å²) in [6, 6.07) is 11.2. The maximum atomic E-state index is 11.7. The second-order valence-electron chi connectivity index (χ2n) is 9.11.